The Hall–Kier alpha value is -3.95. The van der Waals surface area contributed by atoms with Crippen molar-refractivity contribution in [2.24, 2.45) is 0 Å². The number of ether oxygens (including phenoxy) is 3. The fraction of sp³-hybridized carbons (Fsp3) is 0.222. The topological polar surface area (TPSA) is 90.0 Å². The molecule has 2 aliphatic heterocycles. The molecular formula is C27H23N3O5S. The van der Waals surface area contributed by atoms with E-state index in [0.717, 1.165) is 29.5 Å². The van der Waals surface area contributed by atoms with Crippen LogP contribution in [-0.2, 0) is 9.47 Å². The lowest BCUT2D eigenvalue weighted by molar-refractivity contribution is -0.0302. The monoisotopic (exact) mass is 501 g/mol. The molecule has 0 radical (unpaired) electrons. The molecular weight excluding hydrogens is 478 g/mol. The molecule has 2 amide bonds. The molecule has 1 N–H and O–H groups in total. The third-order valence-corrected chi connectivity index (χ3v) is 7.29. The average molecular weight is 502 g/mol. The minimum absolute atomic E-state index is 0.286. The zero-order chi connectivity index (χ0) is 24.6. The summed E-state index contributed by atoms with van der Waals surface area (Å²) in [4.78, 5) is 33.5. The fourth-order valence-electron chi connectivity index (χ4n) is 4.54. The van der Waals surface area contributed by atoms with Gasteiger partial charge in [-0.05, 0) is 61.7 Å². The molecule has 2 aromatic heterocycles. The Kier molecular flexibility index (Phi) is 5.79. The summed E-state index contributed by atoms with van der Waals surface area (Å²) >= 11 is 1.22. The number of benzene rings is 2. The van der Waals surface area contributed by atoms with E-state index in [4.69, 9.17) is 14.2 Å². The van der Waals surface area contributed by atoms with Crippen LogP contribution in [0.5, 0.6) is 11.5 Å². The molecule has 1 fully saturated rings. The molecule has 0 bridgehead atoms. The highest BCUT2D eigenvalue weighted by Gasteiger charge is 2.34. The van der Waals surface area contributed by atoms with Gasteiger partial charge < -0.3 is 19.5 Å². The lowest BCUT2D eigenvalue weighted by Crippen LogP contribution is -2.35. The molecule has 0 aliphatic carbocycles. The number of anilines is 3. The molecule has 182 valence electrons. The summed E-state index contributed by atoms with van der Waals surface area (Å²) in [5.41, 5.74) is 2.68. The van der Waals surface area contributed by atoms with Gasteiger partial charge in [-0.25, -0.2) is 14.6 Å². The summed E-state index contributed by atoms with van der Waals surface area (Å²) in [5, 5.41) is 3.64. The highest BCUT2D eigenvalue weighted by molar-refractivity contribution is 7.21. The molecule has 4 aromatic rings. The smallest absolute Gasteiger partial charge is 0.350 e. The predicted molar refractivity (Wildman–Crippen MR) is 138 cm³/mol. The van der Waals surface area contributed by atoms with Crippen LogP contribution in [0.3, 0.4) is 0 Å². The van der Waals surface area contributed by atoms with Gasteiger partial charge >= 0.3 is 12.0 Å². The summed E-state index contributed by atoms with van der Waals surface area (Å²) in [5.74, 6) is 0.938. The van der Waals surface area contributed by atoms with Crippen molar-refractivity contribution in [3.63, 3.8) is 0 Å². The van der Waals surface area contributed by atoms with Crippen molar-refractivity contribution >= 4 is 50.6 Å². The van der Waals surface area contributed by atoms with Gasteiger partial charge in [0.25, 0.3) is 0 Å². The quantitative estimate of drug-likeness (QED) is 0.318. The lowest BCUT2D eigenvalue weighted by Gasteiger charge is -2.29. The molecule has 9 heteroatoms. The first-order chi connectivity index (χ1) is 17.6. The van der Waals surface area contributed by atoms with Crippen molar-refractivity contribution < 1.29 is 23.8 Å². The number of esters is 1. The highest BCUT2D eigenvalue weighted by atomic mass is 32.1. The third kappa shape index (κ3) is 4.06. The number of hydrogen-bond acceptors (Lipinski definition) is 7. The number of rotatable bonds is 5. The summed E-state index contributed by atoms with van der Waals surface area (Å²) in [6.07, 6.45) is 2.98. The van der Waals surface area contributed by atoms with Gasteiger partial charge in [-0.2, -0.15) is 0 Å². The second-order valence-corrected chi connectivity index (χ2v) is 9.69. The number of urea groups is 1. The van der Waals surface area contributed by atoms with Crippen LogP contribution in [0.15, 0.2) is 60.8 Å². The van der Waals surface area contributed by atoms with E-state index in [9.17, 15) is 9.59 Å². The van der Waals surface area contributed by atoms with Gasteiger partial charge in [0.05, 0.1) is 29.1 Å². The number of nitrogens with one attached hydrogen (secondary N) is 1. The summed E-state index contributed by atoms with van der Waals surface area (Å²) in [6.45, 7) is 3.00. The van der Waals surface area contributed by atoms with E-state index >= 15 is 0 Å². The standard InChI is InChI=1S/C27H23N3O5S/c1-16-14-18(34-17-6-3-2-4-7-17)9-10-20(16)30-21-11-12-28-25-22(21)23(29-27(30)32)24(36-25)26(31)35-19-8-5-13-33-15-19/h2-4,6-7,9-12,14,19H,5,8,13,15H2,1H3,(H,29,32). The molecule has 0 saturated carbocycles. The zero-order valence-electron chi connectivity index (χ0n) is 19.5. The number of thiophene rings is 1. The Morgan fingerprint density at radius 3 is 2.78 bits per heavy atom. The van der Waals surface area contributed by atoms with Crippen LogP contribution in [0.4, 0.5) is 21.9 Å². The van der Waals surface area contributed by atoms with Gasteiger partial charge in [-0.3, -0.25) is 4.90 Å². The predicted octanol–water partition coefficient (Wildman–Crippen LogP) is 6.42. The third-order valence-electron chi connectivity index (χ3n) is 6.21. The second-order valence-electron chi connectivity index (χ2n) is 8.69. The number of aromatic nitrogens is 1. The van der Waals surface area contributed by atoms with E-state index in [1.165, 1.54) is 11.3 Å². The first-order valence-electron chi connectivity index (χ1n) is 11.7. The minimum Gasteiger partial charge on any atom is -0.457 e. The second kappa shape index (κ2) is 9.25. The molecule has 4 heterocycles. The number of aryl methyl sites for hydroxylation is 1. The van der Waals surface area contributed by atoms with E-state index < -0.39 is 5.97 Å². The van der Waals surface area contributed by atoms with Gasteiger partial charge in [0.15, 0.2) is 0 Å². The van der Waals surface area contributed by atoms with Crippen LogP contribution in [0, 0.1) is 6.92 Å². The van der Waals surface area contributed by atoms with Crippen LogP contribution in [-0.4, -0.2) is 36.3 Å². The van der Waals surface area contributed by atoms with Crippen molar-refractivity contribution in [1.29, 1.82) is 0 Å². The lowest BCUT2D eigenvalue weighted by atomic mass is 10.1. The number of carbonyl (C=O) groups is 2. The molecule has 6 rings (SSSR count). The Bertz CT molecular complexity index is 1460. The Balaban J connectivity index is 1.34. The largest absolute Gasteiger partial charge is 0.457 e. The molecule has 36 heavy (non-hydrogen) atoms. The SMILES string of the molecule is Cc1cc(Oc2ccccc2)ccc1N1C(=O)Nc2c(C(=O)OC3CCCOC3)sc3nccc1c23. The Morgan fingerprint density at radius 1 is 1.14 bits per heavy atom. The molecule has 1 saturated heterocycles. The number of para-hydroxylation sites is 1. The molecule has 8 nitrogen and oxygen atoms in total. The van der Waals surface area contributed by atoms with Crippen molar-refractivity contribution in [1.82, 2.24) is 4.98 Å². The Labute approximate surface area is 211 Å². The highest BCUT2D eigenvalue weighted by Crippen LogP contribution is 2.46. The van der Waals surface area contributed by atoms with Crippen molar-refractivity contribution in [3.05, 3.63) is 71.2 Å². The first-order valence-corrected chi connectivity index (χ1v) is 12.5. The van der Waals surface area contributed by atoms with Crippen molar-refractivity contribution in [2.75, 3.05) is 23.4 Å². The van der Waals surface area contributed by atoms with Crippen molar-refractivity contribution in [2.45, 2.75) is 25.9 Å². The molecule has 1 atom stereocenters. The van der Waals surface area contributed by atoms with Crippen LogP contribution < -0.4 is 15.0 Å². The van der Waals surface area contributed by atoms with E-state index in [0.29, 0.717) is 45.7 Å². The van der Waals surface area contributed by atoms with Crippen molar-refractivity contribution in [3.8, 4) is 11.5 Å². The number of carbonyl (C=O) groups excluding carboxylic acids is 2. The maximum atomic E-state index is 13.4. The van der Waals surface area contributed by atoms with Crippen LogP contribution in [0.1, 0.15) is 28.1 Å². The number of pyridine rings is 1. The number of amides is 2. The number of nitrogens with zero attached hydrogens (tertiary/aromatic N) is 2. The minimum atomic E-state index is -0.471. The van der Waals surface area contributed by atoms with E-state index in [-0.39, 0.29) is 12.1 Å². The maximum absolute atomic E-state index is 13.4. The first kappa shape index (κ1) is 22.5. The molecule has 2 aromatic carbocycles. The van der Waals surface area contributed by atoms with Gasteiger partial charge in [-0.1, -0.05) is 18.2 Å². The maximum Gasteiger partial charge on any atom is 0.350 e. The van der Waals surface area contributed by atoms with Gasteiger partial charge in [0.1, 0.15) is 27.3 Å². The van der Waals surface area contributed by atoms with Crippen LogP contribution >= 0.6 is 11.3 Å². The van der Waals surface area contributed by atoms with E-state index in [2.05, 4.69) is 10.3 Å². The molecule has 1 unspecified atom stereocenters. The zero-order valence-corrected chi connectivity index (χ0v) is 20.3. The fourth-order valence-corrected chi connectivity index (χ4v) is 5.55. The van der Waals surface area contributed by atoms with Gasteiger partial charge in [0.2, 0.25) is 0 Å². The summed E-state index contributed by atoms with van der Waals surface area (Å²) in [6, 6.07) is 16.5. The summed E-state index contributed by atoms with van der Waals surface area (Å²) in [7, 11) is 0. The average Bonchev–Trinajstić information content (AvgIpc) is 3.26. The van der Waals surface area contributed by atoms with E-state index in [1.807, 2.05) is 55.5 Å². The molecule has 0 spiro atoms. The summed E-state index contributed by atoms with van der Waals surface area (Å²) < 4.78 is 17.1. The normalized spacial score (nSPS) is 17.1. The van der Waals surface area contributed by atoms with E-state index in [1.54, 1.807) is 17.2 Å². The number of hydrogen-bond donors (Lipinski definition) is 1. The van der Waals surface area contributed by atoms with Gasteiger partial charge in [0, 0.05) is 12.8 Å². The van der Waals surface area contributed by atoms with Gasteiger partial charge in [-0.15, -0.1) is 11.3 Å². The van der Waals surface area contributed by atoms with Crippen LogP contribution in [0.2, 0.25) is 0 Å². The molecule has 2 aliphatic rings. The van der Waals surface area contributed by atoms with Crippen LogP contribution in [0.25, 0.3) is 10.2 Å². The Morgan fingerprint density at radius 2 is 2.00 bits per heavy atom.